The molecule has 12 heteroatoms. The van der Waals surface area contributed by atoms with Gasteiger partial charge in [0.25, 0.3) is 0 Å². The summed E-state index contributed by atoms with van der Waals surface area (Å²) in [5.74, 6) is 1.82. The molecule has 0 amide bonds. The van der Waals surface area contributed by atoms with E-state index in [0.717, 1.165) is 30.3 Å². The van der Waals surface area contributed by atoms with Gasteiger partial charge in [-0.1, -0.05) is 24.3 Å². The fourth-order valence-electron chi connectivity index (χ4n) is 4.01. The van der Waals surface area contributed by atoms with E-state index in [2.05, 4.69) is 35.2 Å². The Kier molecular flexibility index (Phi) is 6.48. The van der Waals surface area contributed by atoms with Gasteiger partial charge in [-0.15, -0.1) is 0 Å². The van der Waals surface area contributed by atoms with E-state index in [0.29, 0.717) is 41.2 Å². The molecular formula is C25H25F3N8O. The Bertz CT molecular complexity index is 1400. The summed E-state index contributed by atoms with van der Waals surface area (Å²) in [6.45, 7) is 4.03. The van der Waals surface area contributed by atoms with Gasteiger partial charge in [0.15, 0.2) is 11.5 Å². The van der Waals surface area contributed by atoms with E-state index >= 15 is 0 Å². The van der Waals surface area contributed by atoms with Crippen LogP contribution in [0.5, 0.6) is 5.88 Å². The van der Waals surface area contributed by atoms with Crippen molar-refractivity contribution in [2.45, 2.75) is 51.4 Å². The summed E-state index contributed by atoms with van der Waals surface area (Å²) in [6.07, 6.45) is 1.55. The smallest absolute Gasteiger partial charge is 0.434 e. The van der Waals surface area contributed by atoms with Crippen LogP contribution in [0.4, 0.5) is 19.1 Å². The summed E-state index contributed by atoms with van der Waals surface area (Å²) < 4.78 is 46.6. The minimum atomic E-state index is -4.50. The van der Waals surface area contributed by atoms with Crippen molar-refractivity contribution < 1.29 is 17.9 Å². The molecule has 37 heavy (non-hydrogen) atoms. The Morgan fingerprint density at radius 2 is 1.76 bits per heavy atom. The van der Waals surface area contributed by atoms with Gasteiger partial charge in [0, 0.05) is 30.3 Å². The number of hydrogen-bond donors (Lipinski definition) is 1. The Hall–Kier alpha value is -4.09. The van der Waals surface area contributed by atoms with Crippen molar-refractivity contribution in [3.63, 3.8) is 0 Å². The Morgan fingerprint density at radius 1 is 1.03 bits per heavy atom. The summed E-state index contributed by atoms with van der Waals surface area (Å²) >= 11 is 0. The number of benzene rings is 1. The highest BCUT2D eigenvalue weighted by Gasteiger charge is 2.35. The summed E-state index contributed by atoms with van der Waals surface area (Å²) in [5.41, 5.74) is 2.12. The monoisotopic (exact) mass is 510 g/mol. The summed E-state index contributed by atoms with van der Waals surface area (Å²) in [7, 11) is 1.55. The van der Waals surface area contributed by atoms with Gasteiger partial charge in [-0.05, 0) is 32.3 Å². The van der Waals surface area contributed by atoms with E-state index in [4.69, 9.17) is 4.74 Å². The minimum Gasteiger partial charge on any atom is -0.480 e. The summed E-state index contributed by atoms with van der Waals surface area (Å²) in [5, 5.41) is 3.17. The molecule has 0 atom stereocenters. The molecule has 1 saturated carbocycles. The molecule has 5 rings (SSSR count). The number of nitrogens with one attached hydrogen (secondary N) is 1. The van der Waals surface area contributed by atoms with Crippen molar-refractivity contribution in [2.75, 3.05) is 12.4 Å². The predicted molar refractivity (Wildman–Crippen MR) is 130 cm³/mol. The highest BCUT2D eigenvalue weighted by Crippen LogP contribution is 2.44. The van der Waals surface area contributed by atoms with Crippen LogP contribution in [0.3, 0.4) is 0 Å². The number of anilines is 1. The predicted octanol–water partition coefficient (Wildman–Crippen LogP) is 5.29. The molecule has 1 aliphatic carbocycles. The lowest BCUT2D eigenvalue weighted by atomic mass is 10.1. The molecule has 1 N–H and O–H groups in total. The second-order valence-electron chi connectivity index (χ2n) is 9.05. The number of ether oxygens (including phenoxy) is 1. The lowest BCUT2D eigenvalue weighted by Crippen LogP contribution is -2.07. The maximum atomic E-state index is 13.2. The molecule has 0 unspecified atom stereocenters. The summed E-state index contributed by atoms with van der Waals surface area (Å²) in [4.78, 5) is 25.6. The van der Waals surface area contributed by atoms with Gasteiger partial charge < -0.3 is 14.6 Å². The topological polar surface area (TPSA) is 104 Å². The molecular weight excluding hydrogens is 485 g/mol. The molecule has 0 radical (unpaired) electrons. The van der Waals surface area contributed by atoms with Crippen LogP contribution in [0, 0.1) is 0 Å². The average Bonchev–Trinajstić information content (AvgIpc) is 3.63. The molecule has 1 aromatic carbocycles. The molecule has 3 aromatic heterocycles. The highest BCUT2D eigenvalue weighted by atomic mass is 19.4. The van der Waals surface area contributed by atoms with Crippen molar-refractivity contribution in [3.05, 3.63) is 60.1 Å². The second-order valence-corrected chi connectivity index (χ2v) is 9.05. The molecule has 3 heterocycles. The van der Waals surface area contributed by atoms with E-state index < -0.39 is 11.9 Å². The van der Waals surface area contributed by atoms with Crippen molar-refractivity contribution in [2.24, 2.45) is 0 Å². The maximum absolute atomic E-state index is 13.2. The zero-order valence-corrected chi connectivity index (χ0v) is 20.5. The standard InChI is InChI=1S/C25H25F3N8O/c1-14(2)36-11-18(25(26,27)28)34-22(36)17-6-4-15(5-7-17)10-29-24-33-13-31-21(35-24)19-20(16-8-9-16)30-12-32-23(19)37-3/h4-7,11-14,16H,8-10H2,1-3H3,(H,29,31,33,35). The first kappa shape index (κ1) is 24.6. The van der Waals surface area contributed by atoms with Gasteiger partial charge in [0.2, 0.25) is 11.8 Å². The van der Waals surface area contributed by atoms with Gasteiger partial charge in [0.05, 0.1) is 12.8 Å². The van der Waals surface area contributed by atoms with E-state index in [1.807, 2.05) is 26.0 Å². The normalized spacial score (nSPS) is 13.7. The lowest BCUT2D eigenvalue weighted by molar-refractivity contribution is -0.140. The summed E-state index contributed by atoms with van der Waals surface area (Å²) in [6, 6.07) is 7.00. The number of imidazole rings is 1. The van der Waals surface area contributed by atoms with E-state index in [-0.39, 0.29) is 11.9 Å². The number of rotatable bonds is 8. The first-order valence-corrected chi connectivity index (χ1v) is 11.8. The van der Waals surface area contributed by atoms with Gasteiger partial charge in [0.1, 0.15) is 24.0 Å². The Morgan fingerprint density at radius 3 is 2.41 bits per heavy atom. The molecule has 192 valence electrons. The molecule has 0 aliphatic heterocycles. The number of hydrogen-bond acceptors (Lipinski definition) is 8. The third-order valence-electron chi connectivity index (χ3n) is 6.04. The van der Waals surface area contributed by atoms with E-state index in [9.17, 15) is 13.2 Å². The third kappa shape index (κ3) is 5.23. The first-order chi connectivity index (χ1) is 17.7. The number of aromatic nitrogens is 7. The third-order valence-corrected chi connectivity index (χ3v) is 6.04. The van der Waals surface area contributed by atoms with Crippen LogP contribution in [-0.4, -0.2) is 41.6 Å². The molecule has 9 nitrogen and oxygen atoms in total. The first-order valence-electron chi connectivity index (χ1n) is 11.8. The van der Waals surface area contributed by atoms with Gasteiger partial charge in [-0.25, -0.2) is 24.9 Å². The van der Waals surface area contributed by atoms with E-state index in [1.165, 1.54) is 17.2 Å². The highest BCUT2D eigenvalue weighted by molar-refractivity contribution is 5.66. The van der Waals surface area contributed by atoms with Gasteiger partial charge in [-0.2, -0.15) is 18.2 Å². The molecule has 0 spiro atoms. The van der Waals surface area contributed by atoms with Crippen molar-refractivity contribution in [1.29, 1.82) is 0 Å². The number of nitrogens with zero attached hydrogens (tertiary/aromatic N) is 7. The van der Waals surface area contributed by atoms with Crippen LogP contribution in [0.15, 0.2) is 43.1 Å². The molecule has 0 bridgehead atoms. The molecule has 1 aliphatic rings. The zero-order chi connectivity index (χ0) is 26.2. The van der Waals surface area contributed by atoms with Crippen LogP contribution in [0.2, 0.25) is 0 Å². The minimum absolute atomic E-state index is 0.174. The van der Waals surface area contributed by atoms with Gasteiger partial charge >= 0.3 is 6.18 Å². The number of halogens is 3. The Balaban J connectivity index is 1.34. The quantitative estimate of drug-likeness (QED) is 0.341. The fraction of sp³-hybridized carbons (Fsp3) is 0.360. The average molecular weight is 511 g/mol. The largest absolute Gasteiger partial charge is 0.480 e. The lowest BCUT2D eigenvalue weighted by Gasteiger charge is -2.12. The van der Waals surface area contributed by atoms with Crippen LogP contribution in [-0.2, 0) is 12.7 Å². The van der Waals surface area contributed by atoms with Crippen molar-refractivity contribution in [1.82, 2.24) is 34.5 Å². The van der Waals surface area contributed by atoms with Crippen molar-refractivity contribution >= 4 is 5.95 Å². The molecule has 0 saturated heterocycles. The second kappa shape index (κ2) is 9.75. The SMILES string of the molecule is COc1ncnc(C2CC2)c1-c1ncnc(NCc2ccc(-c3nc(C(F)(F)F)cn3C(C)C)cc2)n1. The van der Waals surface area contributed by atoms with Gasteiger partial charge in [-0.3, -0.25) is 0 Å². The zero-order valence-electron chi connectivity index (χ0n) is 20.5. The van der Waals surface area contributed by atoms with Crippen LogP contribution < -0.4 is 10.1 Å². The number of alkyl halides is 3. The number of methoxy groups -OCH3 is 1. The van der Waals surface area contributed by atoms with E-state index in [1.54, 1.807) is 19.2 Å². The Labute approximate surface area is 211 Å². The van der Waals surface area contributed by atoms with Crippen molar-refractivity contribution in [3.8, 4) is 28.7 Å². The fourth-order valence-corrected chi connectivity index (χ4v) is 4.01. The van der Waals surface area contributed by atoms with Crippen LogP contribution >= 0.6 is 0 Å². The molecule has 1 fully saturated rings. The maximum Gasteiger partial charge on any atom is 0.434 e. The van der Waals surface area contributed by atoms with Crippen LogP contribution in [0.1, 0.15) is 55.6 Å². The van der Waals surface area contributed by atoms with Crippen LogP contribution in [0.25, 0.3) is 22.8 Å². The molecule has 4 aromatic rings.